The average molecular weight is 286 g/mol. The molecule has 0 radical (unpaired) electrons. The van der Waals surface area contributed by atoms with E-state index >= 15 is 0 Å². The number of aliphatic hydroxyl groups excluding tert-OH is 1. The maximum Gasteiger partial charge on any atom is 0.253 e. The number of hydrogen-bond donors (Lipinski definition) is 1. The summed E-state index contributed by atoms with van der Waals surface area (Å²) >= 11 is 0. The van der Waals surface area contributed by atoms with Crippen molar-refractivity contribution in [1.29, 1.82) is 0 Å². The molecule has 1 heterocycles. The summed E-state index contributed by atoms with van der Waals surface area (Å²) in [6.45, 7) is 3.20. The molecular formula is C17H22N2O2. The minimum atomic E-state index is -0.0223. The van der Waals surface area contributed by atoms with Crippen LogP contribution in [0.4, 0.5) is 0 Å². The highest BCUT2D eigenvalue weighted by molar-refractivity contribution is 5.97. The number of benzene rings is 1. The Morgan fingerprint density at radius 2 is 2.10 bits per heavy atom. The van der Waals surface area contributed by atoms with Crippen LogP contribution in [0.1, 0.15) is 36.5 Å². The van der Waals surface area contributed by atoms with Gasteiger partial charge in [-0.05, 0) is 30.7 Å². The fourth-order valence-electron chi connectivity index (χ4n) is 2.38. The number of hydrogen-bond acceptors (Lipinski definition) is 3. The van der Waals surface area contributed by atoms with Gasteiger partial charge in [0.2, 0.25) is 0 Å². The first kappa shape index (κ1) is 15.4. The quantitative estimate of drug-likeness (QED) is 0.796. The lowest BCUT2D eigenvalue weighted by Crippen LogP contribution is -2.34. The molecule has 21 heavy (non-hydrogen) atoms. The van der Waals surface area contributed by atoms with E-state index in [1.807, 2.05) is 30.3 Å². The predicted octanol–water partition coefficient (Wildman–Crippen LogP) is 2.86. The molecule has 0 spiro atoms. The third-order valence-corrected chi connectivity index (χ3v) is 3.54. The summed E-state index contributed by atoms with van der Waals surface area (Å²) in [4.78, 5) is 18.6. The van der Waals surface area contributed by atoms with E-state index in [-0.39, 0.29) is 12.5 Å². The fraction of sp³-hybridized carbons (Fsp3) is 0.412. The van der Waals surface area contributed by atoms with Gasteiger partial charge in [-0.1, -0.05) is 25.8 Å². The molecule has 1 aromatic heterocycles. The topological polar surface area (TPSA) is 53.4 Å². The van der Waals surface area contributed by atoms with Crippen LogP contribution in [0.3, 0.4) is 0 Å². The van der Waals surface area contributed by atoms with Crippen molar-refractivity contribution in [2.75, 3.05) is 19.7 Å². The van der Waals surface area contributed by atoms with E-state index in [0.29, 0.717) is 18.7 Å². The minimum Gasteiger partial charge on any atom is -0.395 e. The van der Waals surface area contributed by atoms with Gasteiger partial charge < -0.3 is 10.0 Å². The number of unbranched alkanes of at least 4 members (excludes halogenated alkanes) is 2. The van der Waals surface area contributed by atoms with E-state index in [1.54, 1.807) is 11.1 Å². The molecule has 0 atom stereocenters. The standard InChI is InChI=1S/C17H22N2O2/c1-2-3-4-10-19(11-12-20)17(21)15-7-8-16-14(13-15)6-5-9-18-16/h5-9,13,20H,2-4,10-12H2,1H3. The van der Waals surface area contributed by atoms with E-state index < -0.39 is 0 Å². The van der Waals surface area contributed by atoms with Crippen molar-refractivity contribution in [1.82, 2.24) is 9.88 Å². The second-order valence-electron chi connectivity index (χ2n) is 5.13. The van der Waals surface area contributed by atoms with Gasteiger partial charge in [-0.25, -0.2) is 0 Å². The second kappa shape index (κ2) is 7.74. The van der Waals surface area contributed by atoms with Crippen molar-refractivity contribution in [2.45, 2.75) is 26.2 Å². The van der Waals surface area contributed by atoms with Crippen LogP contribution in [-0.2, 0) is 0 Å². The summed E-state index contributed by atoms with van der Waals surface area (Å²) in [5, 5.41) is 10.1. The van der Waals surface area contributed by atoms with Crippen LogP contribution < -0.4 is 0 Å². The van der Waals surface area contributed by atoms with Crippen LogP contribution in [-0.4, -0.2) is 40.6 Å². The highest BCUT2D eigenvalue weighted by atomic mass is 16.3. The second-order valence-corrected chi connectivity index (χ2v) is 5.13. The van der Waals surface area contributed by atoms with E-state index in [2.05, 4.69) is 11.9 Å². The van der Waals surface area contributed by atoms with Crippen LogP contribution in [0.15, 0.2) is 36.5 Å². The molecule has 112 valence electrons. The Bertz CT molecular complexity index is 598. The summed E-state index contributed by atoms with van der Waals surface area (Å²) < 4.78 is 0. The first-order valence-corrected chi connectivity index (χ1v) is 7.51. The van der Waals surface area contributed by atoms with Gasteiger partial charge >= 0.3 is 0 Å². The molecule has 2 aromatic rings. The molecule has 1 aromatic carbocycles. The number of fused-ring (bicyclic) bond motifs is 1. The molecule has 0 aliphatic heterocycles. The number of carbonyl (C=O) groups excluding carboxylic acids is 1. The first-order valence-electron chi connectivity index (χ1n) is 7.51. The van der Waals surface area contributed by atoms with Crippen molar-refractivity contribution < 1.29 is 9.90 Å². The summed E-state index contributed by atoms with van der Waals surface area (Å²) in [5.74, 6) is -0.0223. The molecule has 4 heteroatoms. The Balaban J connectivity index is 2.16. The lowest BCUT2D eigenvalue weighted by atomic mass is 10.1. The van der Waals surface area contributed by atoms with E-state index in [4.69, 9.17) is 5.11 Å². The zero-order valence-corrected chi connectivity index (χ0v) is 12.5. The summed E-state index contributed by atoms with van der Waals surface area (Å²) in [6.07, 6.45) is 4.92. The number of nitrogens with zero attached hydrogens (tertiary/aromatic N) is 2. The molecule has 0 aliphatic rings. The predicted molar refractivity (Wildman–Crippen MR) is 84.3 cm³/mol. The Labute approximate surface area is 125 Å². The van der Waals surface area contributed by atoms with Crippen LogP contribution in [0.25, 0.3) is 10.9 Å². The number of pyridine rings is 1. The number of aromatic nitrogens is 1. The zero-order valence-electron chi connectivity index (χ0n) is 12.5. The molecule has 0 saturated carbocycles. The van der Waals surface area contributed by atoms with Crippen molar-refractivity contribution in [2.24, 2.45) is 0 Å². The maximum absolute atomic E-state index is 12.6. The third kappa shape index (κ3) is 4.02. The highest BCUT2D eigenvalue weighted by Crippen LogP contribution is 2.15. The van der Waals surface area contributed by atoms with Gasteiger partial charge in [0.25, 0.3) is 5.91 Å². The van der Waals surface area contributed by atoms with Gasteiger partial charge in [-0.2, -0.15) is 0 Å². The Hall–Kier alpha value is -1.94. The molecule has 0 unspecified atom stereocenters. The number of aliphatic hydroxyl groups is 1. The van der Waals surface area contributed by atoms with Crippen LogP contribution in [0.2, 0.25) is 0 Å². The van der Waals surface area contributed by atoms with E-state index in [9.17, 15) is 4.79 Å². The van der Waals surface area contributed by atoms with Crippen molar-refractivity contribution >= 4 is 16.8 Å². The minimum absolute atomic E-state index is 0.00694. The number of amides is 1. The van der Waals surface area contributed by atoms with E-state index in [1.165, 1.54) is 0 Å². The van der Waals surface area contributed by atoms with Gasteiger partial charge in [0.15, 0.2) is 0 Å². The Kier molecular flexibility index (Phi) is 5.69. The Morgan fingerprint density at radius 1 is 1.24 bits per heavy atom. The maximum atomic E-state index is 12.6. The van der Waals surface area contributed by atoms with Crippen LogP contribution in [0.5, 0.6) is 0 Å². The third-order valence-electron chi connectivity index (χ3n) is 3.54. The SMILES string of the molecule is CCCCCN(CCO)C(=O)c1ccc2ncccc2c1. The molecule has 1 N–H and O–H groups in total. The average Bonchev–Trinajstić information content (AvgIpc) is 2.53. The zero-order chi connectivity index (χ0) is 15.1. The largest absolute Gasteiger partial charge is 0.395 e. The normalized spacial score (nSPS) is 10.8. The lowest BCUT2D eigenvalue weighted by Gasteiger charge is -2.22. The molecule has 0 bridgehead atoms. The summed E-state index contributed by atoms with van der Waals surface area (Å²) in [5.41, 5.74) is 1.54. The molecule has 0 fully saturated rings. The molecule has 0 aliphatic carbocycles. The van der Waals surface area contributed by atoms with Crippen molar-refractivity contribution in [3.8, 4) is 0 Å². The smallest absolute Gasteiger partial charge is 0.253 e. The summed E-state index contributed by atoms with van der Waals surface area (Å²) in [6, 6.07) is 9.36. The molecular weight excluding hydrogens is 264 g/mol. The van der Waals surface area contributed by atoms with Gasteiger partial charge in [-0.3, -0.25) is 9.78 Å². The fourth-order valence-corrected chi connectivity index (χ4v) is 2.38. The number of carbonyl (C=O) groups is 1. The first-order chi connectivity index (χ1) is 10.3. The van der Waals surface area contributed by atoms with Gasteiger partial charge in [0, 0.05) is 30.2 Å². The molecule has 2 rings (SSSR count). The van der Waals surface area contributed by atoms with Gasteiger partial charge in [0.05, 0.1) is 12.1 Å². The van der Waals surface area contributed by atoms with Crippen LogP contribution in [0, 0.1) is 0 Å². The van der Waals surface area contributed by atoms with Crippen molar-refractivity contribution in [3.63, 3.8) is 0 Å². The van der Waals surface area contributed by atoms with Gasteiger partial charge in [-0.15, -0.1) is 0 Å². The highest BCUT2D eigenvalue weighted by Gasteiger charge is 2.15. The van der Waals surface area contributed by atoms with Crippen molar-refractivity contribution in [3.05, 3.63) is 42.1 Å². The molecule has 4 nitrogen and oxygen atoms in total. The lowest BCUT2D eigenvalue weighted by molar-refractivity contribution is 0.0719. The molecule has 1 amide bonds. The molecule has 0 saturated heterocycles. The monoisotopic (exact) mass is 286 g/mol. The Morgan fingerprint density at radius 3 is 2.86 bits per heavy atom. The number of rotatable bonds is 7. The summed E-state index contributed by atoms with van der Waals surface area (Å²) in [7, 11) is 0. The van der Waals surface area contributed by atoms with Crippen LogP contribution >= 0.6 is 0 Å². The van der Waals surface area contributed by atoms with Gasteiger partial charge in [0.1, 0.15) is 0 Å². The van der Waals surface area contributed by atoms with E-state index in [0.717, 1.165) is 30.2 Å².